The average Bonchev–Trinajstić information content (AvgIpc) is 3.34. The maximum Gasteiger partial charge on any atom is 0.235 e. The molecule has 0 aliphatic rings. The fourth-order valence-corrected chi connectivity index (χ4v) is 4.21. The summed E-state index contributed by atoms with van der Waals surface area (Å²) in [5, 5.41) is 19.3. The van der Waals surface area contributed by atoms with Gasteiger partial charge in [0.2, 0.25) is 11.0 Å². The van der Waals surface area contributed by atoms with Crippen LogP contribution in [0, 0.1) is 12.7 Å². The van der Waals surface area contributed by atoms with Crippen LogP contribution in [0.4, 0.5) is 21.0 Å². The van der Waals surface area contributed by atoms with E-state index in [1.165, 1.54) is 35.2 Å². The van der Waals surface area contributed by atoms with Gasteiger partial charge in [-0.3, -0.25) is 4.79 Å². The Bertz CT molecular complexity index is 1140. The van der Waals surface area contributed by atoms with Gasteiger partial charge in [0.05, 0.1) is 17.1 Å². The number of carbonyl (C=O) groups is 1. The van der Waals surface area contributed by atoms with Crippen LogP contribution < -0.4 is 10.6 Å². The summed E-state index contributed by atoms with van der Waals surface area (Å²) in [6, 6.07) is 17.4. The summed E-state index contributed by atoms with van der Waals surface area (Å²) in [5.74, 6) is 0.167. The normalized spacial score (nSPS) is 10.7. The molecule has 0 saturated heterocycles. The second kappa shape index (κ2) is 9.06. The van der Waals surface area contributed by atoms with Crippen molar-refractivity contribution < 1.29 is 9.18 Å². The summed E-state index contributed by atoms with van der Waals surface area (Å²) in [6.45, 7) is 1.83. The minimum atomic E-state index is -0.331. The summed E-state index contributed by atoms with van der Waals surface area (Å²) in [7, 11) is 0. The van der Waals surface area contributed by atoms with Crippen molar-refractivity contribution in [1.29, 1.82) is 0 Å². The molecule has 30 heavy (non-hydrogen) atoms. The van der Waals surface area contributed by atoms with Crippen molar-refractivity contribution in [3.8, 4) is 5.69 Å². The molecule has 0 spiro atoms. The third-order valence-electron chi connectivity index (χ3n) is 3.93. The maximum atomic E-state index is 13.2. The van der Waals surface area contributed by atoms with E-state index in [1.807, 2.05) is 37.3 Å². The van der Waals surface area contributed by atoms with E-state index in [2.05, 4.69) is 25.9 Å². The Labute approximate surface area is 180 Å². The van der Waals surface area contributed by atoms with Crippen molar-refractivity contribution in [2.24, 2.45) is 0 Å². The van der Waals surface area contributed by atoms with Gasteiger partial charge in [-0.1, -0.05) is 41.3 Å². The number of aryl methyl sites for hydroxylation is 1. The van der Waals surface area contributed by atoms with Gasteiger partial charge < -0.3 is 10.6 Å². The van der Waals surface area contributed by atoms with Gasteiger partial charge in [-0.25, -0.2) is 9.07 Å². The number of hydrogen-bond donors (Lipinski definition) is 2. The molecule has 152 valence electrons. The first-order valence-corrected chi connectivity index (χ1v) is 10.8. The average molecular weight is 441 g/mol. The highest BCUT2D eigenvalue weighted by Gasteiger charge is 2.13. The number of benzene rings is 2. The fourth-order valence-electron chi connectivity index (χ4n) is 2.64. The standard InChI is InChI=1S/C20H17FN6OS2/c1-13-11-17(27(26-13)16-9-7-14(21)8-10-16)23-18(28)12-29-20-25-24-19(30-20)22-15-5-3-2-4-6-15/h2-11H,12H2,1H3,(H,22,24)(H,23,28). The Kier molecular flexibility index (Phi) is 6.05. The number of hydrogen-bond acceptors (Lipinski definition) is 7. The molecule has 4 rings (SSSR count). The Morgan fingerprint density at radius 3 is 2.67 bits per heavy atom. The van der Waals surface area contributed by atoms with Gasteiger partial charge in [0.15, 0.2) is 4.34 Å². The van der Waals surface area contributed by atoms with Gasteiger partial charge in [-0.15, -0.1) is 10.2 Å². The molecule has 0 unspecified atom stereocenters. The first kappa shape index (κ1) is 20.0. The molecule has 10 heteroatoms. The molecule has 2 aromatic carbocycles. The summed E-state index contributed by atoms with van der Waals surface area (Å²) in [5.41, 5.74) is 2.32. The molecule has 2 N–H and O–H groups in total. The molecule has 1 amide bonds. The van der Waals surface area contributed by atoms with Gasteiger partial charge >= 0.3 is 0 Å². The number of halogens is 1. The van der Waals surface area contributed by atoms with Crippen molar-refractivity contribution in [3.63, 3.8) is 0 Å². The highest BCUT2D eigenvalue weighted by molar-refractivity contribution is 8.01. The first-order valence-electron chi connectivity index (χ1n) is 8.98. The van der Waals surface area contributed by atoms with Crippen LogP contribution in [-0.4, -0.2) is 31.6 Å². The number of rotatable bonds is 7. The lowest BCUT2D eigenvalue weighted by atomic mass is 10.3. The Morgan fingerprint density at radius 2 is 1.90 bits per heavy atom. The van der Waals surface area contributed by atoms with E-state index in [-0.39, 0.29) is 17.5 Å². The summed E-state index contributed by atoms with van der Waals surface area (Å²) in [6.07, 6.45) is 0. The van der Waals surface area contributed by atoms with Crippen LogP contribution in [-0.2, 0) is 4.79 Å². The third-order valence-corrected chi connectivity index (χ3v) is 5.90. The third kappa shape index (κ3) is 5.02. The Balaban J connectivity index is 1.36. The molecule has 0 fully saturated rings. The van der Waals surface area contributed by atoms with Crippen molar-refractivity contribution in [3.05, 3.63) is 72.2 Å². The predicted molar refractivity (Wildman–Crippen MR) is 117 cm³/mol. The van der Waals surface area contributed by atoms with Crippen LogP contribution in [0.15, 0.2) is 65.0 Å². The van der Waals surface area contributed by atoms with Crippen LogP contribution in [0.25, 0.3) is 5.69 Å². The number of amides is 1. The molecule has 0 atom stereocenters. The minimum Gasteiger partial charge on any atom is -0.330 e. The first-order chi connectivity index (χ1) is 14.6. The second-order valence-corrected chi connectivity index (χ2v) is 8.46. The SMILES string of the molecule is Cc1cc(NC(=O)CSc2nnc(Nc3ccccc3)s2)n(-c2ccc(F)cc2)n1. The van der Waals surface area contributed by atoms with Crippen LogP contribution >= 0.6 is 23.1 Å². The van der Waals surface area contributed by atoms with Crippen molar-refractivity contribution in [2.75, 3.05) is 16.4 Å². The van der Waals surface area contributed by atoms with E-state index >= 15 is 0 Å². The fraction of sp³-hybridized carbons (Fsp3) is 0.100. The van der Waals surface area contributed by atoms with Crippen LogP contribution in [0.1, 0.15) is 5.69 Å². The number of carbonyl (C=O) groups excluding carboxylic acids is 1. The van der Waals surface area contributed by atoms with Crippen molar-refractivity contribution in [2.45, 2.75) is 11.3 Å². The molecule has 0 aliphatic carbocycles. The molecule has 0 bridgehead atoms. The summed E-state index contributed by atoms with van der Waals surface area (Å²) in [4.78, 5) is 12.4. The van der Waals surface area contributed by atoms with E-state index in [4.69, 9.17) is 0 Å². The summed E-state index contributed by atoms with van der Waals surface area (Å²) < 4.78 is 15.4. The van der Waals surface area contributed by atoms with E-state index < -0.39 is 0 Å². The molecular formula is C20H17FN6OS2. The number of thioether (sulfide) groups is 1. The zero-order valence-electron chi connectivity index (χ0n) is 15.9. The van der Waals surface area contributed by atoms with Crippen molar-refractivity contribution in [1.82, 2.24) is 20.0 Å². The minimum absolute atomic E-state index is 0.174. The molecule has 7 nitrogen and oxygen atoms in total. The molecule has 2 aromatic heterocycles. The number of nitrogens with zero attached hydrogens (tertiary/aromatic N) is 4. The van der Waals surface area contributed by atoms with E-state index in [0.717, 1.165) is 11.4 Å². The Hall–Kier alpha value is -3.24. The van der Waals surface area contributed by atoms with E-state index in [0.29, 0.717) is 21.0 Å². The predicted octanol–water partition coefficient (Wildman–Crippen LogP) is 4.65. The number of nitrogens with one attached hydrogen (secondary N) is 2. The quantitative estimate of drug-likeness (QED) is 0.407. The monoisotopic (exact) mass is 440 g/mol. The van der Waals surface area contributed by atoms with Crippen LogP contribution in [0.2, 0.25) is 0 Å². The van der Waals surface area contributed by atoms with Crippen LogP contribution in [0.5, 0.6) is 0 Å². The maximum absolute atomic E-state index is 13.2. The number of aromatic nitrogens is 4. The molecule has 4 aromatic rings. The number of para-hydroxylation sites is 1. The van der Waals surface area contributed by atoms with Crippen LogP contribution in [0.3, 0.4) is 0 Å². The topological polar surface area (TPSA) is 84.7 Å². The van der Waals surface area contributed by atoms with Gasteiger partial charge in [-0.05, 0) is 43.3 Å². The zero-order valence-corrected chi connectivity index (χ0v) is 17.5. The lowest BCUT2D eigenvalue weighted by Crippen LogP contribution is -2.16. The smallest absolute Gasteiger partial charge is 0.235 e. The molecule has 2 heterocycles. The van der Waals surface area contributed by atoms with Crippen molar-refractivity contribution >= 4 is 45.6 Å². The lowest BCUT2D eigenvalue weighted by Gasteiger charge is -2.08. The molecular weight excluding hydrogens is 423 g/mol. The second-order valence-electron chi connectivity index (χ2n) is 6.26. The largest absolute Gasteiger partial charge is 0.330 e. The zero-order chi connectivity index (χ0) is 20.9. The highest BCUT2D eigenvalue weighted by Crippen LogP contribution is 2.28. The molecule has 0 radical (unpaired) electrons. The number of anilines is 3. The van der Waals surface area contributed by atoms with Gasteiger partial charge in [-0.2, -0.15) is 5.10 Å². The molecule has 0 aliphatic heterocycles. The Morgan fingerprint density at radius 1 is 1.13 bits per heavy atom. The molecule has 0 saturated carbocycles. The van der Waals surface area contributed by atoms with Gasteiger partial charge in [0.1, 0.15) is 11.6 Å². The van der Waals surface area contributed by atoms with Gasteiger partial charge in [0, 0.05) is 11.8 Å². The lowest BCUT2D eigenvalue weighted by molar-refractivity contribution is -0.113. The van der Waals surface area contributed by atoms with E-state index in [9.17, 15) is 9.18 Å². The van der Waals surface area contributed by atoms with E-state index in [1.54, 1.807) is 22.9 Å². The highest BCUT2D eigenvalue weighted by atomic mass is 32.2. The summed E-state index contributed by atoms with van der Waals surface area (Å²) >= 11 is 2.68. The van der Waals surface area contributed by atoms with Gasteiger partial charge in [0.25, 0.3) is 0 Å².